The molecule has 0 radical (unpaired) electrons. The molecule has 0 fully saturated rings. The van der Waals surface area contributed by atoms with E-state index >= 15 is 0 Å². The van der Waals surface area contributed by atoms with Crippen molar-refractivity contribution in [1.82, 2.24) is 31.6 Å². The Morgan fingerprint density at radius 3 is 2.40 bits per heavy atom. The van der Waals surface area contributed by atoms with Gasteiger partial charge >= 0.3 is 0 Å². The van der Waals surface area contributed by atoms with Crippen molar-refractivity contribution in [2.45, 2.75) is 57.7 Å². The number of hydrogen-bond donors (Lipinski definition) is 5. The first-order valence-electron chi connectivity index (χ1n) is 15.8. The normalized spacial score (nSPS) is 19.9. The van der Waals surface area contributed by atoms with Gasteiger partial charge in [0, 0.05) is 37.8 Å². The van der Waals surface area contributed by atoms with Crippen LogP contribution in [0, 0.1) is 5.92 Å². The Morgan fingerprint density at radius 2 is 1.66 bits per heavy atom. The van der Waals surface area contributed by atoms with Gasteiger partial charge in [-0.25, -0.2) is 0 Å². The molecule has 2 aromatic carbocycles. The molecule has 4 rings (SSSR count). The molecule has 12 heteroatoms. The Labute approximate surface area is 274 Å². The van der Waals surface area contributed by atoms with E-state index in [4.69, 9.17) is 4.74 Å². The third-order valence-electron chi connectivity index (χ3n) is 7.61. The predicted molar refractivity (Wildman–Crippen MR) is 175 cm³/mol. The molecular weight excluding hydrogens is 600 g/mol. The Balaban J connectivity index is 1.57. The number of para-hydroxylation sites is 1. The fraction of sp³-hybridized carbons (Fsp3) is 0.371. The van der Waals surface area contributed by atoms with Crippen molar-refractivity contribution in [2.75, 3.05) is 19.7 Å². The van der Waals surface area contributed by atoms with Crippen LogP contribution in [0.4, 0.5) is 0 Å². The van der Waals surface area contributed by atoms with Gasteiger partial charge in [0.15, 0.2) is 0 Å². The summed E-state index contributed by atoms with van der Waals surface area (Å²) in [7, 11) is 0. The molecule has 2 heterocycles. The molecule has 12 nitrogen and oxygen atoms in total. The number of carbonyl (C=O) groups is 5. The second-order valence-corrected chi connectivity index (χ2v) is 11.6. The molecule has 0 unspecified atom stereocenters. The van der Waals surface area contributed by atoms with Crippen molar-refractivity contribution in [2.24, 2.45) is 5.92 Å². The van der Waals surface area contributed by atoms with Crippen molar-refractivity contribution in [3.05, 3.63) is 95.8 Å². The fourth-order valence-corrected chi connectivity index (χ4v) is 5.07. The number of nitrogens with zero attached hydrogens (tertiary/aromatic N) is 1. The van der Waals surface area contributed by atoms with E-state index in [2.05, 4.69) is 31.6 Å². The molecule has 47 heavy (non-hydrogen) atoms. The fourth-order valence-electron chi connectivity index (χ4n) is 5.07. The van der Waals surface area contributed by atoms with Crippen molar-refractivity contribution in [3.63, 3.8) is 0 Å². The molecule has 248 valence electrons. The minimum atomic E-state index is -1.26. The van der Waals surface area contributed by atoms with Gasteiger partial charge in [-0.05, 0) is 42.2 Å². The van der Waals surface area contributed by atoms with E-state index in [-0.39, 0.29) is 43.5 Å². The van der Waals surface area contributed by atoms with E-state index in [0.29, 0.717) is 18.6 Å². The zero-order chi connectivity index (χ0) is 33.6. The van der Waals surface area contributed by atoms with Crippen LogP contribution in [0.15, 0.2) is 79.0 Å². The zero-order valence-corrected chi connectivity index (χ0v) is 26.7. The van der Waals surface area contributed by atoms with Crippen molar-refractivity contribution < 1.29 is 28.7 Å². The molecule has 1 aromatic heterocycles. The van der Waals surface area contributed by atoms with Gasteiger partial charge in [0.1, 0.15) is 23.9 Å². The maximum Gasteiger partial charge on any atom is 0.255 e. The van der Waals surface area contributed by atoms with Crippen molar-refractivity contribution in [1.29, 1.82) is 0 Å². The van der Waals surface area contributed by atoms with E-state index in [1.54, 1.807) is 50.4 Å². The highest BCUT2D eigenvalue weighted by Gasteiger charge is 2.31. The summed E-state index contributed by atoms with van der Waals surface area (Å²) in [6.45, 7) is 4.22. The minimum Gasteiger partial charge on any atom is -0.493 e. The second-order valence-electron chi connectivity index (χ2n) is 11.6. The van der Waals surface area contributed by atoms with Crippen LogP contribution in [0.25, 0.3) is 0 Å². The predicted octanol–water partition coefficient (Wildman–Crippen LogP) is 1.70. The van der Waals surface area contributed by atoms with Crippen LogP contribution in [-0.2, 0) is 32.0 Å². The summed E-state index contributed by atoms with van der Waals surface area (Å²) in [6.07, 6.45) is 2.34. The Morgan fingerprint density at radius 1 is 0.915 bits per heavy atom. The van der Waals surface area contributed by atoms with Gasteiger partial charge in [-0.15, -0.1) is 0 Å². The lowest BCUT2D eigenvalue weighted by Crippen LogP contribution is -2.57. The standard InChI is InChI=1S/C35H42N6O6/c1-23(2)31-35(46)40-27(21-24-11-4-3-5-12-24)33(44)37-18-10-20-47-29-15-7-6-14-26(29)32(43)39-28(22-30(42)41-31)34(45)38-19-16-25-13-8-9-17-36-25/h3-9,11-15,17,23,27-28,31H,10,16,18-22H2,1-2H3,(H,37,44)(H,38,45)(H,39,43)(H,40,46)(H,41,42)/t27-,28-,31-/m0/s1. The maximum atomic E-state index is 13.5. The lowest BCUT2D eigenvalue weighted by molar-refractivity contribution is -0.133. The van der Waals surface area contributed by atoms with Crippen LogP contribution in [0.2, 0.25) is 0 Å². The van der Waals surface area contributed by atoms with Gasteiger partial charge in [-0.3, -0.25) is 29.0 Å². The molecule has 1 aliphatic rings. The lowest BCUT2D eigenvalue weighted by atomic mass is 10.0. The van der Waals surface area contributed by atoms with Gasteiger partial charge in [-0.2, -0.15) is 0 Å². The van der Waals surface area contributed by atoms with E-state index in [1.165, 1.54) is 0 Å². The number of ether oxygens (including phenoxy) is 1. The van der Waals surface area contributed by atoms with Gasteiger partial charge in [0.2, 0.25) is 23.6 Å². The SMILES string of the molecule is CC(C)[C@@H]1NC(=O)C[C@@H](C(=O)NCCc2ccccn2)NC(=O)c2ccccc2OCCCNC(=O)[C@H](Cc2ccccc2)NC1=O. The van der Waals surface area contributed by atoms with Crippen molar-refractivity contribution >= 4 is 29.5 Å². The topological polar surface area (TPSA) is 168 Å². The Bertz CT molecular complexity index is 1520. The summed E-state index contributed by atoms with van der Waals surface area (Å²) in [5.41, 5.74) is 1.81. The van der Waals surface area contributed by atoms with E-state index in [0.717, 1.165) is 11.3 Å². The zero-order valence-electron chi connectivity index (χ0n) is 26.7. The number of pyridine rings is 1. The molecule has 0 bridgehead atoms. The van der Waals surface area contributed by atoms with Crippen LogP contribution in [0.1, 0.15) is 48.3 Å². The summed E-state index contributed by atoms with van der Waals surface area (Å²) in [5, 5.41) is 13.9. The first kappa shape index (κ1) is 34.6. The number of nitrogens with one attached hydrogen (secondary N) is 5. The lowest BCUT2D eigenvalue weighted by Gasteiger charge is -2.26. The molecular formula is C35H42N6O6. The number of carbonyl (C=O) groups excluding carboxylic acids is 5. The summed E-state index contributed by atoms with van der Waals surface area (Å²) < 4.78 is 5.88. The smallest absolute Gasteiger partial charge is 0.255 e. The number of hydrogen-bond acceptors (Lipinski definition) is 7. The number of rotatable bonds is 7. The highest BCUT2D eigenvalue weighted by Crippen LogP contribution is 2.19. The Hall–Kier alpha value is -5.26. The van der Waals surface area contributed by atoms with Crippen molar-refractivity contribution in [3.8, 4) is 5.75 Å². The molecule has 3 atom stereocenters. The van der Waals surface area contributed by atoms with Gasteiger partial charge in [0.05, 0.1) is 18.6 Å². The second kappa shape index (κ2) is 17.4. The highest BCUT2D eigenvalue weighted by molar-refractivity contribution is 6.01. The number of benzene rings is 2. The average molecular weight is 643 g/mol. The molecule has 0 spiro atoms. The quantitative estimate of drug-likeness (QED) is 0.262. The summed E-state index contributed by atoms with van der Waals surface area (Å²) in [4.78, 5) is 71.3. The first-order chi connectivity index (χ1) is 22.7. The Kier molecular flexibility index (Phi) is 12.8. The highest BCUT2D eigenvalue weighted by atomic mass is 16.5. The largest absolute Gasteiger partial charge is 0.493 e. The van der Waals surface area contributed by atoms with Crippen LogP contribution in [0.5, 0.6) is 5.75 Å². The van der Waals surface area contributed by atoms with E-state index < -0.39 is 48.2 Å². The van der Waals surface area contributed by atoms with Crippen LogP contribution >= 0.6 is 0 Å². The molecule has 0 saturated heterocycles. The van der Waals surface area contributed by atoms with Gasteiger partial charge < -0.3 is 31.3 Å². The third kappa shape index (κ3) is 10.7. The van der Waals surface area contributed by atoms with Crippen LogP contribution in [-0.4, -0.2) is 72.3 Å². The molecule has 0 saturated carbocycles. The molecule has 5 N–H and O–H groups in total. The monoisotopic (exact) mass is 642 g/mol. The van der Waals surface area contributed by atoms with Crippen LogP contribution < -0.4 is 31.3 Å². The first-order valence-corrected chi connectivity index (χ1v) is 15.8. The number of fused-ring (bicyclic) bond motifs is 1. The summed E-state index contributed by atoms with van der Waals surface area (Å²) >= 11 is 0. The number of aromatic nitrogens is 1. The molecule has 5 amide bonds. The maximum absolute atomic E-state index is 13.5. The molecule has 0 aliphatic carbocycles. The molecule has 1 aliphatic heterocycles. The average Bonchev–Trinajstić information content (AvgIpc) is 3.06. The van der Waals surface area contributed by atoms with Gasteiger partial charge in [0.25, 0.3) is 5.91 Å². The third-order valence-corrected chi connectivity index (χ3v) is 7.61. The van der Waals surface area contributed by atoms with Crippen LogP contribution in [0.3, 0.4) is 0 Å². The summed E-state index contributed by atoms with van der Waals surface area (Å²) in [5.74, 6) is -2.77. The number of amides is 5. The van der Waals surface area contributed by atoms with Gasteiger partial charge in [-0.1, -0.05) is 62.4 Å². The summed E-state index contributed by atoms with van der Waals surface area (Å²) in [6, 6.07) is 18.2. The molecule has 3 aromatic rings. The van der Waals surface area contributed by atoms with E-state index in [1.807, 2.05) is 42.5 Å². The minimum absolute atomic E-state index is 0.187. The van der Waals surface area contributed by atoms with E-state index in [9.17, 15) is 24.0 Å².